The van der Waals surface area contributed by atoms with Crippen LogP contribution in [0.3, 0.4) is 0 Å². The Balaban J connectivity index is 2.62. The first-order valence-corrected chi connectivity index (χ1v) is 8.40. The number of hydrogen-bond donors (Lipinski definition) is 2. The van der Waals surface area contributed by atoms with E-state index >= 15 is 0 Å². The van der Waals surface area contributed by atoms with Gasteiger partial charge < -0.3 is 24.1 Å². The molecule has 0 saturated carbocycles. The number of carbonyl (C=O) groups excluding carboxylic acids is 1. The maximum Gasteiger partial charge on any atom is 0.336 e. The summed E-state index contributed by atoms with van der Waals surface area (Å²) in [7, 11) is 1.40. The molecule has 2 rings (SSSR count). The van der Waals surface area contributed by atoms with E-state index < -0.39 is 29.4 Å². The van der Waals surface area contributed by atoms with E-state index in [4.69, 9.17) is 13.9 Å². The highest BCUT2D eigenvalue weighted by molar-refractivity contribution is 5.83. The van der Waals surface area contributed by atoms with Crippen LogP contribution in [0.2, 0.25) is 0 Å². The van der Waals surface area contributed by atoms with Gasteiger partial charge >= 0.3 is 11.6 Å². The molecule has 0 spiro atoms. The lowest BCUT2D eigenvalue weighted by Gasteiger charge is -2.32. The number of aliphatic hydroxyl groups excluding tert-OH is 1. The van der Waals surface area contributed by atoms with Gasteiger partial charge in [0.15, 0.2) is 6.10 Å². The van der Waals surface area contributed by atoms with Crippen molar-refractivity contribution in [1.29, 1.82) is 0 Å². The fourth-order valence-electron chi connectivity index (χ4n) is 2.58. The van der Waals surface area contributed by atoms with Gasteiger partial charge in [0.2, 0.25) is 0 Å². The van der Waals surface area contributed by atoms with Gasteiger partial charge in [-0.05, 0) is 39.8 Å². The quantitative estimate of drug-likeness (QED) is 0.453. The van der Waals surface area contributed by atoms with Crippen LogP contribution >= 0.6 is 0 Å². The van der Waals surface area contributed by atoms with E-state index in [1.807, 2.05) is 0 Å². The summed E-state index contributed by atoms with van der Waals surface area (Å²) in [6.45, 7) is 6.29. The monoisotopic (exact) mass is 376 g/mol. The van der Waals surface area contributed by atoms with Crippen molar-refractivity contribution in [1.82, 2.24) is 0 Å². The standard InChI is InChI=1S/C20H24O7/c1-11(2)8-17(22)27-18(19(23)20(3,4)24)13-9-12-6-7-16(21)26-14(12)10-15(13)25-5/h6-10,18-19,23-24H,1-5H3/t18-,19+/m1/s1. The molecule has 0 saturated heterocycles. The minimum absolute atomic E-state index is 0.246. The predicted molar refractivity (Wildman–Crippen MR) is 99.6 cm³/mol. The van der Waals surface area contributed by atoms with Crippen LogP contribution in [0.25, 0.3) is 11.0 Å². The summed E-state index contributed by atoms with van der Waals surface area (Å²) in [5.74, 6) is -0.416. The molecule has 1 aromatic carbocycles. The SMILES string of the molecule is COc1cc2oc(=O)ccc2cc1[C@@H](OC(=O)C=C(C)C)[C@H](O)C(C)(C)O. The van der Waals surface area contributed by atoms with Gasteiger partial charge in [-0.1, -0.05) is 5.57 Å². The number of carbonyl (C=O) groups is 1. The highest BCUT2D eigenvalue weighted by Crippen LogP contribution is 2.36. The minimum Gasteiger partial charge on any atom is -0.496 e. The minimum atomic E-state index is -1.56. The molecule has 1 heterocycles. The van der Waals surface area contributed by atoms with E-state index in [2.05, 4.69) is 0 Å². The Morgan fingerprint density at radius 1 is 1.26 bits per heavy atom. The molecule has 1 aromatic heterocycles. The van der Waals surface area contributed by atoms with E-state index in [1.54, 1.807) is 26.0 Å². The second-order valence-corrected chi connectivity index (χ2v) is 7.06. The number of benzene rings is 1. The summed E-state index contributed by atoms with van der Waals surface area (Å²) in [6, 6.07) is 5.88. The normalized spacial score (nSPS) is 13.7. The first-order valence-electron chi connectivity index (χ1n) is 8.40. The van der Waals surface area contributed by atoms with Crippen molar-refractivity contribution in [3.05, 3.63) is 51.9 Å². The van der Waals surface area contributed by atoms with Crippen molar-refractivity contribution in [2.24, 2.45) is 0 Å². The fraction of sp³-hybridized carbons (Fsp3) is 0.400. The average Bonchev–Trinajstić information content (AvgIpc) is 2.56. The van der Waals surface area contributed by atoms with Gasteiger partial charge in [-0.25, -0.2) is 9.59 Å². The molecule has 0 fully saturated rings. The Labute approximate surface area is 156 Å². The third kappa shape index (κ3) is 4.96. The number of aliphatic hydroxyl groups is 2. The average molecular weight is 376 g/mol. The van der Waals surface area contributed by atoms with E-state index in [0.29, 0.717) is 10.9 Å². The van der Waals surface area contributed by atoms with E-state index in [9.17, 15) is 19.8 Å². The Bertz CT molecular complexity index is 914. The number of hydrogen-bond acceptors (Lipinski definition) is 7. The molecular formula is C20H24O7. The molecule has 146 valence electrons. The maximum absolute atomic E-state index is 12.2. The number of methoxy groups -OCH3 is 1. The lowest BCUT2D eigenvalue weighted by Crippen LogP contribution is -2.42. The van der Waals surface area contributed by atoms with E-state index in [-0.39, 0.29) is 11.3 Å². The first kappa shape index (κ1) is 20.7. The summed E-state index contributed by atoms with van der Waals surface area (Å²) in [5.41, 5.74) is -0.720. The zero-order chi connectivity index (χ0) is 20.4. The Kier molecular flexibility index (Phi) is 6.08. The summed E-state index contributed by atoms with van der Waals surface area (Å²) in [6.07, 6.45) is -1.36. The van der Waals surface area contributed by atoms with Crippen molar-refractivity contribution in [2.75, 3.05) is 7.11 Å². The number of fused-ring (bicyclic) bond motifs is 1. The van der Waals surface area contributed by atoms with Crippen LogP contribution in [0.1, 0.15) is 39.4 Å². The number of ether oxygens (including phenoxy) is 2. The van der Waals surface area contributed by atoms with Gasteiger partial charge in [0, 0.05) is 29.2 Å². The van der Waals surface area contributed by atoms with Gasteiger partial charge in [0.05, 0.1) is 12.7 Å². The second-order valence-electron chi connectivity index (χ2n) is 7.06. The van der Waals surface area contributed by atoms with Crippen molar-refractivity contribution in [2.45, 2.75) is 45.5 Å². The summed E-state index contributed by atoms with van der Waals surface area (Å²) < 4.78 is 15.9. The molecule has 0 bridgehead atoms. The highest BCUT2D eigenvalue weighted by atomic mass is 16.6. The molecule has 0 amide bonds. The zero-order valence-electron chi connectivity index (χ0n) is 16.0. The molecule has 2 N–H and O–H groups in total. The molecule has 0 aliphatic heterocycles. The second kappa shape index (κ2) is 7.94. The van der Waals surface area contributed by atoms with Gasteiger partial charge in [-0.2, -0.15) is 0 Å². The largest absolute Gasteiger partial charge is 0.496 e. The lowest BCUT2D eigenvalue weighted by molar-refractivity contribution is -0.162. The van der Waals surface area contributed by atoms with Crippen molar-refractivity contribution in [3.63, 3.8) is 0 Å². The first-order chi connectivity index (χ1) is 12.5. The van der Waals surface area contributed by atoms with Crippen LogP contribution in [0.15, 0.2) is 45.1 Å². The van der Waals surface area contributed by atoms with Gasteiger partial charge in [-0.3, -0.25) is 0 Å². The molecule has 0 radical (unpaired) electrons. The summed E-state index contributed by atoms with van der Waals surface area (Å²) in [4.78, 5) is 23.6. The van der Waals surface area contributed by atoms with Crippen LogP contribution < -0.4 is 10.4 Å². The van der Waals surface area contributed by atoms with E-state index in [0.717, 1.165) is 5.57 Å². The molecule has 0 unspecified atom stereocenters. The molecule has 27 heavy (non-hydrogen) atoms. The van der Waals surface area contributed by atoms with Crippen molar-refractivity contribution >= 4 is 16.9 Å². The van der Waals surface area contributed by atoms with E-state index in [1.165, 1.54) is 39.2 Å². The third-order valence-corrected chi connectivity index (χ3v) is 3.94. The molecule has 0 aliphatic carbocycles. The molecule has 7 nitrogen and oxygen atoms in total. The lowest BCUT2D eigenvalue weighted by atomic mass is 9.91. The highest BCUT2D eigenvalue weighted by Gasteiger charge is 2.37. The Hall–Kier alpha value is -2.64. The Morgan fingerprint density at radius 3 is 2.48 bits per heavy atom. The molecular weight excluding hydrogens is 352 g/mol. The smallest absolute Gasteiger partial charge is 0.336 e. The number of allylic oxidation sites excluding steroid dienone is 1. The van der Waals surface area contributed by atoms with Crippen LogP contribution in [-0.4, -0.2) is 35.0 Å². The van der Waals surface area contributed by atoms with Gasteiger partial charge in [-0.15, -0.1) is 0 Å². The molecule has 7 heteroatoms. The topological polar surface area (TPSA) is 106 Å². The summed E-state index contributed by atoms with van der Waals surface area (Å²) in [5, 5.41) is 21.5. The number of esters is 1. The molecule has 2 aromatic rings. The fourth-order valence-corrected chi connectivity index (χ4v) is 2.58. The molecule has 0 aliphatic rings. The van der Waals surface area contributed by atoms with Gasteiger partial charge in [0.25, 0.3) is 0 Å². The van der Waals surface area contributed by atoms with Crippen LogP contribution in [-0.2, 0) is 9.53 Å². The molecule has 2 atom stereocenters. The zero-order valence-corrected chi connectivity index (χ0v) is 16.0. The van der Waals surface area contributed by atoms with Gasteiger partial charge in [0.1, 0.15) is 17.4 Å². The predicted octanol–water partition coefficient (Wildman–Crippen LogP) is 2.48. The Morgan fingerprint density at radius 2 is 1.93 bits per heavy atom. The third-order valence-electron chi connectivity index (χ3n) is 3.94. The van der Waals surface area contributed by atoms with Crippen LogP contribution in [0.4, 0.5) is 0 Å². The van der Waals surface area contributed by atoms with Crippen molar-refractivity contribution < 1.29 is 28.9 Å². The van der Waals surface area contributed by atoms with Crippen molar-refractivity contribution in [3.8, 4) is 5.75 Å². The maximum atomic E-state index is 12.2. The van der Waals surface area contributed by atoms with Crippen LogP contribution in [0.5, 0.6) is 5.75 Å². The number of rotatable bonds is 6. The van der Waals surface area contributed by atoms with Crippen LogP contribution in [0, 0.1) is 0 Å². The summed E-state index contributed by atoms with van der Waals surface area (Å²) >= 11 is 0.